The summed E-state index contributed by atoms with van der Waals surface area (Å²) < 4.78 is 5.76. The smallest absolute Gasteiger partial charge is 0.234 e. The highest BCUT2D eigenvalue weighted by atomic mass is 32.2. The average Bonchev–Trinajstić information content (AvgIpc) is 2.80. The fourth-order valence-corrected chi connectivity index (χ4v) is 4.12. The molecule has 1 aliphatic heterocycles. The van der Waals surface area contributed by atoms with E-state index in [4.69, 9.17) is 4.74 Å². The number of thioether (sulfide) groups is 1. The van der Waals surface area contributed by atoms with Crippen molar-refractivity contribution in [1.82, 2.24) is 10.6 Å². The van der Waals surface area contributed by atoms with E-state index in [1.165, 1.54) is 11.8 Å². The van der Waals surface area contributed by atoms with E-state index in [0.717, 1.165) is 11.3 Å². The summed E-state index contributed by atoms with van der Waals surface area (Å²) in [7, 11) is 0. The number of hydrogen-bond acceptors (Lipinski definition) is 5. The van der Waals surface area contributed by atoms with Crippen LogP contribution in [-0.2, 0) is 9.59 Å². The van der Waals surface area contributed by atoms with Crippen LogP contribution in [0.15, 0.2) is 84.9 Å². The molecule has 0 aromatic heterocycles. The Balaban J connectivity index is 1.26. The lowest BCUT2D eigenvalue weighted by atomic mass is 10.0. The molecule has 0 saturated carbocycles. The highest BCUT2D eigenvalue weighted by molar-refractivity contribution is 8.00. The molecule has 2 unspecified atom stereocenters. The van der Waals surface area contributed by atoms with Crippen LogP contribution in [-0.4, -0.2) is 23.1 Å². The van der Waals surface area contributed by atoms with E-state index >= 15 is 0 Å². The van der Waals surface area contributed by atoms with Gasteiger partial charge in [-0.1, -0.05) is 48.5 Å². The van der Waals surface area contributed by atoms with Crippen LogP contribution in [0.2, 0.25) is 0 Å². The Morgan fingerprint density at radius 3 is 2.29 bits per heavy atom. The van der Waals surface area contributed by atoms with Crippen molar-refractivity contribution in [2.45, 2.75) is 18.0 Å². The van der Waals surface area contributed by atoms with Gasteiger partial charge >= 0.3 is 0 Å². The van der Waals surface area contributed by atoms with Gasteiger partial charge in [0.05, 0.1) is 5.75 Å². The van der Waals surface area contributed by atoms with Gasteiger partial charge in [0.2, 0.25) is 11.8 Å². The second kappa shape index (κ2) is 10.1. The molecule has 1 saturated heterocycles. The quantitative estimate of drug-likeness (QED) is 0.518. The van der Waals surface area contributed by atoms with Crippen LogP contribution in [0.4, 0.5) is 5.69 Å². The first-order valence-corrected chi connectivity index (χ1v) is 11.1. The average molecular weight is 434 g/mol. The second-order valence-electron chi connectivity index (χ2n) is 7.08. The minimum atomic E-state index is -0.321. The molecule has 3 aromatic carbocycles. The summed E-state index contributed by atoms with van der Waals surface area (Å²) in [5, 5.41) is 9.14. The van der Waals surface area contributed by atoms with Gasteiger partial charge in [0, 0.05) is 18.2 Å². The molecule has 1 fully saturated rings. The standard InChI is InChI=1S/C24H23N3O3S/c28-22-15-21(17-7-3-1-4-8-17)26-24(27-22)31-16-23(29)25-18-11-13-20(14-12-18)30-19-9-5-2-6-10-19/h1-14,21,24,26H,15-16H2,(H,25,29)(H,27,28). The molecule has 0 bridgehead atoms. The molecular weight excluding hydrogens is 410 g/mol. The summed E-state index contributed by atoms with van der Waals surface area (Å²) in [6.07, 6.45) is 0.380. The van der Waals surface area contributed by atoms with Gasteiger partial charge < -0.3 is 15.4 Å². The van der Waals surface area contributed by atoms with E-state index in [9.17, 15) is 9.59 Å². The van der Waals surface area contributed by atoms with Crippen LogP contribution in [0.3, 0.4) is 0 Å². The minimum Gasteiger partial charge on any atom is -0.457 e. The third kappa shape index (κ3) is 6.10. The molecule has 3 N–H and O–H groups in total. The van der Waals surface area contributed by atoms with Gasteiger partial charge in [-0.05, 0) is 42.0 Å². The van der Waals surface area contributed by atoms with E-state index in [-0.39, 0.29) is 29.1 Å². The molecule has 1 heterocycles. The van der Waals surface area contributed by atoms with Crippen LogP contribution in [0.25, 0.3) is 0 Å². The Kier molecular flexibility index (Phi) is 6.86. The third-order valence-electron chi connectivity index (χ3n) is 4.73. The normalized spacial score (nSPS) is 18.1. The summed E-state index contributed by atoms with van der Waals surface area (Å²) in [6.45, 7) is 0. The first kappa shape index (κ1) is 21.0. The number of rotatable bonds is 7. The van der Waals surface area contributed by atoms with Crippen LogP contribution < -0.4 is 20.7 Å². The third-order valence-corrected chi connectivity index (χ3v) is 5.75. The Morgan fingerprint density at radius 2 is 1.58 bits per heavy atom. The Morgan fingerprint density at radius 1 is 0.935 bits per heavy atom. The fraction of sp³-hybridized carbons (Fsp3) is 0.167. The van der Waals surface area contributed by atoms with Gasteiger partial charge in [-0.3, -0.25) is 14.9 Å². The molecule has 31 heavy (non-hydrogen) atoms. The Labute approximate surface area is 185 Å². The van der Waals surface area contributed by atoms with Gasteiger partial charge in [-0.15, -0.1) is 11.8 Å². The maximum atomic E-state index is 12.4. The van der Waals surface area contributed by atoms with Gasteiger partial charge in [0.25, 0.3) is 0 Å². The topological polar surface area (TPSA) is 79.5 Å². The SMILES string of the molecule is O=C(CSC1NC(=O)CC(c2ccccc2)N1)Nc1ccc(Oc2ccccc2)cc1. The van der Waals surface area contributed by atoms with Gasteiger partial charge in [-0.25, -0.2) is 0 Å². The molecule has 0 spiro atoms. The Hall–Kier alpha value is -3.29. The van der Waals surface area contributed by atoms with Crippen molar-refractivity contribution in [3.8, 4) is 11.5 Å². The largest absolute Gasteiger partial charge is 0.457 e. The van der Waals surface area contributed by atoms with Crippen molar-refractivity contribution >= 4 is 29.3 Å². The predicted molar refractivity (Wildman–Crippen MR) is 123 cm³/mol. The monoisotopic (exact) mass is 433 g/mol. The number of para-hydroxylation sites is 1. The molecule has 4 rings (SSSR count). The number of anilines is 1. The number of amides is 2. The number of benzene rings is 3. The highest BCUT2D eigenvalue weighted by Crippen LogP contribution is 2.24. The van der Waals surface area contributed by atoms with E-state index in [1.807, 2.05) is 72.8 Å². The number of carbonyl (C=O) groups excluding carboxylic acids is 2. The molecule has 1 aliphatic rings. The molecule has 0 radical (unpaired) electrons. The fourth-order valence-electron chi connectivity index (χ4n) is 3.25. The Bertz CT molecular complexity index is 1010. The van der Waals surface area contributed by atoms with E-state index in [0.29, 0.717) is 17.9 Å². The minimum absolute atomic E-state index is 0.0282. The molecule has 2 atom stereocenters. The molecule has 158 valence electrons. The number of ether oxygens (including phenoxy) is 1. The van der Waals surface area contributed by atoms with Crippen LogP contribution in [0.5, 0.6) is 11.5 Å². The summed E-state index contributed by atoms with van der Waals surface area (Å²) in [6, 6.07) is 26.5. The molecule has 0 aliphatic carbocycles. The summed E-state index contributed by atoms with van der Waals surface area (Å²) >= 11 is 1.35. The molecule has 2 amide bonds. The lowest BCUT2D eigenvalue weighted by Gasteiger charge is -2.31. The zero-order chi connectivity index (χ0) is 21.5. The predicted octanol–water partition coefficient (Wildman–Crippen LogP) is 4.29. The molecule has 7 heteroatoms. The maximum Gasteiger partial charge on any atom is 0.234 e. The molecule has 3 aromatic rings. The lowest BCUT2D eigenvalue weighted by molar-refractivity contribution is -0.123. The van der Waals surface area contributed by atoms with Crippen LogP contribution >= 0.6 is 11.8 Å². The molecule has 6 nitrogen and oxygen atoms in total. The van der Waals surface area contributed by atoms with Crippen molar-refractivity contribution in [3.63, 3.8) is 0 Å². The van der Waals surface area contributed by atoms with Crippen LogP contribution in [0.1, 0.15) is 18.0 Å². The number of hydrogen-bond donors (Lipinski definition) is 3. The zero-order valence-corrected chi connectivity index (χ0v) is 17.6. The number of nitrogens with one attached hydrogen (secondary N) is 3. The zero-order valence-electron chi connectivity index (χ0n) is 16.8. The van der Waals surface area contributed by atoms with Gasteiger partial charge in [0.1, 0.15) is 17.0 Å². The first-order valence-electron chi connectivity index (χ1n) is 10.0. The highest BCUT2D eigenvalue weighted by Gasteiger charge is 2.27. The summed E-state index contributed by atoms with van der Waals surface area (Å²) in [5.74, 6) is 1.49. The first-order chi connectivity index (χ1) is 15.2. The molecular formula is C24H23N3O3S. The maximum absolute atomic E-state index is 12.4. The summed E-state index contributed by atoms with van der Waals surface area (Å²) in [5.41, 5.74) is 1.43. The van der Waals surface area contributed by atoms with Crippen molar-refractivity contribution in [2.24, 2.45) is 0 Å². The second-order valence-corrected chi connectivity index (χ2v) is 8.17. The van der Waals surface area contributed by atoms with E-state index < -0.39 is 0 Å². The van der Waals surface area contributed by atoms with Crippen LogP contribution in [0, 0.1) is 0 Å². The van der Waals surface area contributed by atoms with Crippen molar-refractivity contribution in [1.29, 1.82) is 0 Å². The van der Waals surface area contributed by atoms with Crippen molar-refractivity contribution in [2.75, 3.05) is 11.1 Å². The van der Waals surface area contributed by atoms with Crippen molar-refractivity contribution in [3.05, 3.63) is 90.5 Å². The lowest BCUT2D eigenvalue weighted by Crippen LogP contribution is -2.51. The van der Waals surface area contributed by atoms with Gasteiger partial charge in [-0.2, -0.15) is 0 Å². The van der Waals surface area contributed by atoms with Gasteiger partial charge in [0.15, 0.2) is 0 Å². The number of carbonyl (C=O) groups is 2. The van der Waals surface area contributed by atoms with E-state index in [1.54, 1.807) is 12.1 Å². The van der Waals surface area contributed by atoms with Crippen molar-refractivity contribution < 1.29 is 14.3 Å². The summed E-state index contributed by atoms with van der Waals surface area (Å²) in [4.78, 5) is 24.4. The van der Waals surface area contributed by atoms with E-state index in [2.05, 4.69) is 16.0 Å².